The summed E-state index contributed by atoms with van der Waals surface area (Å²) in [5, 5.41) is 10.9. The molecule has 0 spiro atoms. The van der Waals surface area contributed by atoms with Gasteiger partial charge in [-0.1, -0.05) is 31.5 Å². The highest BCUT2D eigenvalue weighted by molar-refractivity contribution is 6.04. The van der Waals surface area contributed by atoms with Gasteiger partial charge in [0.2, 0.25) is 0 Å². The molecule has 2 heterocycles. The zero-order chi connectivity index (χ0) is 17.5. The number of H-pyrrole nitrogens is 1. The topological polar surface area (TPSA) is 64.3 Å². The Kier molecular flexibility index (Phi) is 6.42. The molecule has 1 saturated heterocycles. The lowest BCUT2D eigenvalue weighted by molar-refractivity contribution is 0.0944. The predicted molar refractivity (Wildman–Crippen MR) is 101 cm³/mol. The molecule has 6 nitrogen and oxygen atoms in total. The van der Waals surface area contributed by atoms with Gasteiger partial charge < -0.3 is 15.1 Å². The average Bonchev–Trinajstić information content (AvgIpc) is 3.08. The molecule has 1 aromatic carbocycles. The molecule has 0 unspecified atom stereocenters. The van der Waals surface area contributed by atoms with E-state index in [0.717, 1.165) is 37.0 Å². The Morgan fingerprint density at radius 3 is 2.52 bits per heavy atom. The molecule has 3 rings (SSSR count). The second kappa shape index (κ2) is 8.97. The Bertz CT molecular complexity index is 675. The first-order valence-corrected chi connectivity index (χ1v) is 9.44. The van der Waals surface area contributed by atoms with E-state index in [-0.39, 0.29) is 5.91 Å². The van der Waals surface area contributed by atoms with Gasteiger partial charge in [-0.3, -0.25) is 9.89 Å². The van der Waals surface area contributed by atoms with Gasteiger partial charge in [-0.25, -0.2) is 0 Å². The van der Waals surface area contributed by atoms with Crippen LogP contribution in [-0.4, -0.2) is 71.7 Å². The summed E-state index contributed by atoms with van der Waals surface area (Å²) in [4.78, 5) is 17.4. The molecule has 1 aliphatic rings. The number of carbonyl (C=O) groups excluding carboxylic acids is 1. The number of unbranched alkanes of at least 4 members (excludes halogenated alkanes) is 1. The van der Waals surface area contributed by atoms with E-state index in [1.165, 1.54) is 32.5 Å². The first-order valence-electron chi connectivity index (χ1n) is 9.44. The number of aromatic nitrogens is 2. The van der Waals surface area contributed by atoms with Gasteiger partial charge in [-0.2, -0.15) is 5.10 Å². The number of hydrogen-bond donors (Lipinski definition) is 2. The quantitative estimate of drug-likeness (QED) is 0.721. The number of aromatic amines is 1. The lowest BCUT2D eigenvalue weighted by Gasteiger charge is -2.34. The molecule has 136 valence electrons. The SMILES string of the molecule is CCCCN1CCN(CCCNC(=O)c2n[nH]c3ccccc23)CC1. The van der Waals surface area contributed by atoms with Crippen LogP contribution in [0.15, 0.2) is 24.3 Å². The summed E-state index contributed by atoms with van der Waals surface area (Å²) in [6.45, 7) is 9.84. The second-order valence-corrected chi connectivity index (χ2v) is 6.76. The van der Waals surface area contributed by atoms with Crippen molar-refractivity contribution in [2.45, 2.75) is 26.2 Å². The van der Waals surface area contributed by atoms with Crippen molar-refractivity contribution in [2.24, 2.45) is 0 Å². The lowest BCUT2D eigenvalue weighted by Crippen LogP contribution is -2.47. The summed E-state index contributed by atoms with van der Waals surface area (Å²) >= 11 is 0. The van der Waals surface area contributed by atoms with Crippen molar-refractivity contribution < 1.29 is 4.79 Å². The number of rotatable bonds is 8. The van der Waals surface area contributed by atoms with Gasteiger partial charge in [0.05, 0.1) is 5.52 Å². The Labute approximate surface area is 149 Å². The number of hydrogen-bond acceptors (Lipinski definition) is 4. The van der Waals surface area contributed by atoms with Gasteiger partial charge in [0, 0.05) is 38.1 Å². The molecule has 1 amide bonds. The lowest BCUT2D eigenvalue weighted by atomic mass is 10.2. The first kappa shape index (κ1) is 17.9. The van der Waals surface area contributed by atoms with E-state index in [2.05, 4.69) is 32.2 Å². The van der Waals surface area contributed by atoms with Crippen LogP contribution in [0.5, 0.6) is 0 Å². The van der Waals surface area contributed by atoms with Crippen LogP contribution in [-0.2, 0) is 0 Å². The third kappa shape index (κ3) is 4.80. The Hall–Kier alpha value is -1.92. The average molecular weight is 343 g/mol. The number of nitrogens with zero attached hydrogens (tertiary/aromatic N) is 3. The number of carbonyl (C=O) groups is 1. The van der Waals surface area contributed by atoms with Crippen molar-refractivity contribution in [1.82, 2.24) is 25.3 Å². The Morgan fingerprint density at radius 1 is 1.12 bits per heavy atom. The number of benzene rings is 1. The van der Waals surface area contributed by atoms with Crippen molar-refractivity contribution in [1.29, 1.82) is 0 Å². The molecule has 2 aromatic rings. The van der Waals surface area contributed by atoms with Gasteiger partial charge in [-0.15, -0.1) is 0 Å². The van der Waals surface area contributed by atoms with Crippen LogP contribution in [0.3, 0.4) is 0 Å². The standard InChI is InChI=1S/C19H29N5O/c1-2-3-10-23-12-14-24(15-13-23)11-6-9-20-19(25)18-16-7-4-5-8-17(16)21-22-18/h4-5,7-8H,2-3,6,9-15H2,1H3,(H,20,25)(H,21,22). The molecule has 25 heavy (non-hydrogen) atoms. The normalized spacial score (nSPS) is 16.4. The molecule has 0 bridgehead atoms. The zero-order valence-electron chi connectivity index (χ0n) is 15.1. The maximum Gasteiger partial charge on any atom is 0.272 e. The number of fused-ring (bicyclic) bond motifs is 1. The summed E-state index contributed by atoms with van der Waals surface area (Å²) in [5.74, 6) is -0.0955. The Balaban J connectivity index is 1.36. The van der Waals surface area contributed by atoms with Crippen molar-refractivity contribution in [3.05, 3.63) is 30.0 Å². The molecule has 6 heteroatoms. The van der Waals surface area contributed by atoms with Gasteiger partial charge in [0.1, 0.15) is 0 Å². The van der Waals surface area contributed by atoms with Gasteiger partial charge >= 0.3 is 0 Å². The van der Waals surface area contributed by atoms with E-state index in [1.54, 1.807) is 0 Å². The summed E-state index contributed by atoms with van der Waals surface area (Å²) in [7, 11) is 0. The van der Waals surface area contributed by atoms with Crippen LogP contribution in [0.2, 0.25) is 0 Å². The van der Waals surface area contributed by atoms with Crippen molar-refractivity contribution in [3.63, 3.8) is 0 Å². The molecular weight excluding hydrogens is 314 g/mol. The summed E-state index contributed by atoms with van der Waals surface area (Å²) in [5.41, 5.74) is 1.38. The highest BCUT2D eigenvalue weighted by atomic mass is 16.1. The minimum Gasteiger partial charge on any atom is -0.351 e. The number of piperazine rings is 1. The minimum absolute atomic E-state index is 0.0955. The van der Waals surface area contributed by atoms with Crippen LogP contribution < -0.4 is 5.32 Å². The van der Waals surface area contributed by atoms with Crippen molar-refractivity contribution in [2.75, 3.05) is 45.8 Å². The third-order valence-electron chi connectivity index (χ3n) is 4.91. The predicted octanol–water partition coefficient (Wildman–Crippen LogP) is 2.10. The minimum atomic E-state index is -0.0955. The molecule has 0 radical (unpaired) electrons. The largest absolute Gasteiger partial charge is 0.351 e. The molecule has 0 atom stereocenters. The molecular formula is C19H29N5O. The van der Waals surface area contributed by atoms with Gasteiger partial charge in [0.15, 0.2) is 5.69 Å². The van der Waals surface area contributed by atoms with E-state index in [0.29, 0.717) is 12.2 Å². The summed E-state index contributed by atoms with van der Waals surface area (Å²) < 4.78 is 0. The van der Waals surface area contributed by atoms with Crippen LogP contribution in [0.25, 0.3) is 10.9 Å². The fourth-order valence-electron chi connectivity index (χ4n) is 3.34. The molecule has 0 saturated carbocycles. The van der Waals surface area contributed by atoms with E-state index in [1.807, 2.05) is 24.3 Å². The molecule has 0 aliphatic carbocycles. The van der Waals surface area contributed by atoms with E-state index < -0.39 is 0 Å². The smallest absolute Gasteiger partial charge is 0.272 e. The van der Waals surface area contributed by atoms with E-state index >= 15 is 0 Å². The number of para-hydroxylation sites is 1. The maximum absolute atomic E-state index is 12.3. The summed E-state index contributed by atoms with van der Waals surface area (Å²) in [6, 6.07) is 7.71. The molecule has 1 aliphatic heterocycles. The zero-order valence-corrected chi connectivity index (χ0v) is 15.1. The first-order chi connectivity index (χ1) is 12.3. The van der Waals surface area contributed by atoms with E-state index in [4.69, 9.17) is 0 Å². The maximum atomic E-state index is 12.3. The van der Waals surface area contributed by atoms with Gasteiger partial charge in [-0.05, 0) is 32.0 Å². The number of amides is 1. The van der Waals surface area contributed by atoms with Crippen LogP contribution >= 0.6 is 0 Å². The molecule has 1 aromatic heterocycles. The molecule has 1 fully saturated rings. The van der Waals surface area contributed by atoms with Crippen molar-refractivity contribution >= 4 is 16.8 Å². The highest BCUT2D eigenvalue weighted by Crippen LogP contribution is 2.14. The van der Waals surface area contributed by atoms with E-state index in [9.17, 15) is 4.79 Å². The molecule has 2 N–H and O–H groups in total. The van der Waals surface area contributed by atoms with Crippen molar-refractivity contribution in [3.8, 4) is 0 Å². The highest BCUT2D eigenvalue weighted by Gasteiger charge is 2.16. The van der Waals surface area contributed by atoms with Crippen LogP contribution in [0.4, 0.5) is 0 Å². The van der Waals surface area contributed by atoms with Crippen LogP contribution in [0, 0.1) is 0 Å². The monoisotopic (exact) mass is 343 g/mol. The van der Waals surface area contributed by atoms with Crippen LogP contribution in [0.1, 0.15) is 36.7 Å². The number of nitrogens with one attached hydrogen (secondary N) is 2. The van der Waals surface area contributed by atoms with Gasteiger partial charge in [0.25, 0.3) is 5.91 Å². The fraction of sp³-hybridized carbons (Fsp3) is 0.579. The third-order valence-corrected chi connectivity index (χ3v) is 4.91. The Morgan fingerprint density at radius 2 is 1.80 bits per heavy atom. The fourth-order valence-corrected chi connectivity index (χ4v) is 3.34. The summed E-state index contributed by atoms with van der Waals surface area (Å²) in [6.07, 6.45) is 3.54. The second-order valence-electron chi connectivity index (χ2n) is 6.76.